The Kier molecular flexibility index (Phi) is 9.00. The van der Waals surface area contributed by atoms with E-state index < -0.39 is 17.9 Å². The van der Waals surface area contributed by atoms with Crippen molar-refractivity contribution in [3.05, 3.63) is 133 Å². The lowest BCUT2D eigenvalue weighted by Gasteiger charge is -2.19. The van der Waals surface area contributed by atoms with Crippen LogP contribution in [0.4, 0.5) is 5.69 Å². The van der Waals surface area contributed by atoms with E-state index in [0.29, 0.717) is 17.5 Å². The van der Waals surface area contributed by atoms with Crippen LogP contribution in [-0.4, -0.2) is 44.3 Å². The number of aliphatic carboxylic acids is 3. The molecule has 0 radical (unpaired) electrons. The fraction of sp³-hybridized carbons (Fsp3) is 0.136. The molecule has 8 rings (SSSR count). The summed E-state index contributed by atoms with van der Waals surface area (Å²) in [6.45, 7) is 0.553. The number of hydrogen-bond acceptors (Lipinski definition) is 5. The third-order valence-electron chi connectivity index (χ3n) is 9.93. The Labute approximate surface area is 309 Å². The van der Waals surface area contributed by atoms with E-state index in [-0.39, 0.29) is 38.9 Å². The summed E-state index contributed by atoms with van der Waals surface area (Å²) in [7, 11) is 0. The molecule has 268 valence electrons. The number of aryl methyl sites for hydroxylation is 2. The standard InChI is InChI=1S/C44H35N3O7/c48-38(49)22-25-45-36(46(26-23-39(50)51)42-33-17-9-5-13-29(33)28-12-4-8-16-32(28)41(42)45)20-2-1-3-21-37-47(27-24-40(52)53)43-34-18-10-6-14-30(34)31-15-7-11-19-35(31)44(43)54-37/h1-21H,22-27H2,(H2-,48,49,50,51,52,53)/p+1. The number of anilines is 1. The second-order valence-corrected chi connectivity index (χ2v) is 13.2. The van der Waals surface area contributed by atoms with E-state index in [0.717, 1.165) is 59.8 Å². The van der Waals surface area contributed by atoms with Gasteiger partial charge in [-0.1, -0.05) is 103 Å². The molecule has 54 heavy (non-hydrogen) atoms. The van der Waals surface area contributed by atoms with Crippen molar-refractivity contribution in [2.24, 2.45) is 0 Å². The molecule has 0 aliphatic carbocycles. The molecule has 3 N–H and O–H groups in total. The molecule has 0 atom stereocenters. The van der Waals surface area contributed by atoms with Crippen LogP contribution in [0.3, 0.4) is 0 Å². The second kappa shape index (κ2) is 14.2. The minimum Gasteiger partial charge on any atom is -0.481 e. The van der Waals surface area contributed by atoms with Crippen LogP contribution >= 0.6 is 0 Å². The van der Waals surface area contributed by atoms with Crippen molar-refractivity contribution in [1.29, 1.82) is 0 Å². The van der Waals surface area contributed by atoms with Gasteiger partial charge in [-0.3, -0.25) is 14.4 Å². The first-order valence-electron chi connectivity index (χ1n) is 17.8. The van der Waals surface area contributed by atoms with E-state index in [2.05, 4.69) is 12.1 Å². The summed E-state index contributed by atoms with van der Waals surface area (Å²) in [5.74, 6) is -0.968. The smallest absolute Gasteiger partial charge is 0.307 e. The number of allylic oxidation sites excluding steroid dienone is 4. The van der Waals surface area contributed by atoms with Gasteiger partial charge in [0.25, 0.3) is 5.82 Å². The molecule has 0 unspecified atom stereocenters. The third kappa shape index (κ3) is 6.07. The van der Waals surface area contributed by atoms with Crippen molar-refractivity contribution < 1.29 is 39.0 Å². The van der Waals surface area contributed by atoms with Crippen LogP contribution < -0.4 is 14.2 Å². The van der Waals surface area contributed by atoms with E-state index in [9.17, 15) is 29.7 Å². The van der Waals surface area contributed by atoms with E-state index in [1.54, 1.807) is 6.08 Å². The van der Waals surface area contributed by atoms with E-state index in [1.165, 1.54) is 0 Å². The molecule has 1 aromatic heterocycles. The predicted molar refractivity (Wildman–Crippen MR) is 210 cm³/mol. The number of carbonyl (C=O) groups is 3. The van der Waals surface area contributed by atoms with E-state index in [1.807, 2.05) is 123 Å². The molecule has 0 bridgehead atoms. The highest BCUT2D eigenvalue weighted by atomic mass is 16.5. The summed E-state index contributed by atoms with van der Waals surface area (Å²) in [6.07, 6.45) is 8.80. The molecular formula is C44H36N3O7+. The lowest BCUT2D eigenvalue weighted by molar-refractivity contribution is -0.672. The van der Waals surface area contributed by atoms with Crippen molar-refractivity contribution in [2.45, 2.75) is 32.4 Å². The third-order valence-corrected chi connectivity index (χ3v) is 9.93. The van der Waals surface area contributed by atoms with Crippen molar-refractivity contribution in [3.63, 3.8) is 0 Å². The number of imidazole rings is 1. The van der Waals surface area contributed by atoms with Crippen LogP contribution in [-0.2, 0) is 27.5 Å². The molecular weight excluding hydrogens is 682 g/mol. The molecule has 10 heteroatoms. The number of fused-ring (bicyclic) bond motifs is 12. The Morgan fingerprint density at radius 3 is 1.76 bits per heavy atom. The van der Waals surface area contributed by atoms with Crippen molar-refractivity contribution in [3.8, 4) is 5.75 Å². The highest BCUT2D eigenvalue weighted by Crippen LogP contribution is 2.49. The Morgan fingerprint density at radius 1 is 0.593 bits per heavy atom. The molecule has 7 aromatic rings. The maximum Gasteiger partial charge on any atom is 0.307 e. The Balaban J connectivity index is 1.24. The topological polar surface area (TPSA) is 133 Å². The zero-order valence-electron chi connectivity index (χ0n) is 29.2. The average molecular weight is 719 g/mol. The number of aromatic nitrogens is 2. The van der Waals surface area contributed by atoms with Gasteiger partial charge in [-0.25, -0.2) is 9.13 Å². The monoisotopic (exact) mass is 718 g/mol. The number of carboxylic acids is 3. The van der Waals surface area contributed by atoms with Gasteiger partial charge in [0.1, 0.15) is 13.1 Å². The lowest BCUT2D eigenvalue weighted by atomic mass is 9.99. The minimum atomic E-state index is -0.939. The molecule has 2 heterocycles. The van der Waals surface area contributed by atoms with Gasteiger partial charge < -0.3 is 25.0 Å². The summed E-state index contributed by atoms with van der Waals surface area (Å²) < 4.78 is 10.5. The average Bonchev–Trinajstić information content (AvgIpc) is 3.71. The zero-order chi connectivity index (χ0) is 37.3. The Bertz CT molecular complexity index is 2660. The van der Waals surface area contributed by atoms with Gasteiger partial charge in [0.2, 0.25) is 5.88 Å². The highest BCUT2D eigenvalue weighted by Gasteiger charge is 2.31. The normalized spacial score (nSPS) is 13.7. The first-order valence-corrected chi connectivity index (χ1v) is 17.8. The molecule has 10 nitrogen and oxygen atoms in total. The number of rotatable bonds is 12. The summed E-state index contributed by atoms with van der Waals surface area (Å²) in [5, 5.41) is 37.0. The predicted octanol–water partition coefficient (Wildman–Crippen LogP) is 8.28. The molecule has 1 aliphatic heterocycles. The highest BCUT2D eigenvalue weighted by molar-refractivity contribution is 6.22. The number of ether oxygens (including phenoxy) is 1. The van der Waals surface area contributed by atoms with Gasteiger partial charge in [-0.2, -0.15) is 0 Å². The summed E-state index contributed by atoms with van der Waals surface area (Å²) in [4.78, 5) is 37.4. The zero-order valence-corrected chi connectivity index (χ0v) is 29.2. The minimum absolute atomic E-state index is 0.0918. The van der Waals surface area contributed by atoms with Gasteiger partial charge in [0, 0.05) is 34.2 Å². The molecule has 1 aliphatic rings. The molecule has 0 spiro atoms. The first kappa shape index (κ1) is 34.2. The van der Waals surface area contributed by atoms with E-state index in [4.69, 9.17) is 4.74 Å². The summed E-state index contributed by atoms with van der Waals surface area (Å²) >= 11 is 0. The Hall–Kier alpha value is -6.94. The van der Waals surface area contributed by atoms with Crippen LogP contribution in [0.15, 0.2) is 127 Å². The first-order chi connectivity index (χ1) is 26.3. The maximum atomic E-state index is 11.9. The van der Waals surface area contributed by atoms with Gasteiger partial charge >= 0.3 is 17.9 Å². The fourth-order valence-corrected chi connectivity index (χ4v) is 7.70. The molecule has 6 aromatic carbocycles. The number of carboxylic acid groups (broad SMARTS) is 3. The quantitative estimate of drug-likeness (QED) is 0.0654. The van der Waals surface area contributed by atoms with Gasteiger partial charge in [-0.05, 0) is 39.8 Å². The van der Waals surface area contributed by atoms with Crippen molar-refractivity contribution in [1.82, 2.24) is 4.57 Å². The SMILES string of the molecule is O=C(O)CCN1\C(=C/C=C/C=C/c2n(CCC(=O)O)c3c4ccccc4c4ccccc4c3[n+]2CCC(=O)O)Oc2c1c1ccccc1c1ccccc21. The van der Waals surface area contributed by atoms with Crippen LogP contribution in [0.5, 0.6) is 5.75 Å². The molecule has 0 fully saturated rings. The largest absolute Gasteiger partial charge is 0.481 e. The number of hydrogen-bond donors (Lipinski definition) is 3. The molecule has 0 amide bonds. The maximum absolute atomic E-state index is 11.9. The number of nitrogens with zero attached hydrogens (tertiary/aromatic N) is 3. The van der Waals surface area contributed by atoms with E-state index >= 15 is 0 Å². The fourth-order valence-electron chi connectivity index (χ4n) is 7.70. The van der Waals surface area contributed by atoms with Crippen LogP contribution in [0.1, 0.15) is 25.1 Å². The van der Waals surface area contributed by atoms with Crippen molar-refractivity contribution >= 4 is 83.8 Å². The number of benzene rings is 6. The van der Waals surface area contributed by atoms with Crippen LogP contribution in [0.2, 0.25) is 0 Å². The van der Waals surface area contributed by atoms with Crippen LogP contribution in [0, 0.1) is 0 Å². The summed E-state index contributed by atoms with van der Waals surface area (Å²) in [6, 6.07) is 32.0. The van der Waals surface area contributed by atoms with Crippen molar-refractivity contribution in [2.75, 3.05) is 11.4 Å². The Morgan fingerprint density at radius 2 is 1.11 bits per heavy atom. The second-order valence-electron chi connectivity index (χ2n) is 13.2. The lowest BCUT2D eigenvalue weighted by Crippen LogP contribution is -2.38. The molecule has 0 saturated carbocycles. The van der Waals surface area contributed by atoms with Gasteiger partial charge in [-0.15, -0.1) is 0 Å². The van der Waals surface area contributed by atoms with Gasteiger partial charge in [0.15, 0.2) is 16.8 Å². The van der Waals surface area contributed by atoms with Crippen LogP contribution in [0.25, 0.3) is 60.2 Å². The van der Waals surface area contributed by atoms with Gasteiger partial charge in [0.05, 0.1) is 24.9 Å². The summed E-state index contributed by atoms with van der Waals surface area (Å²) in [5.41, 5.74) is 2.50. The molecule has 0 saturated heterocycles.